The number of hydrogen-bond acceptors (Lipinski definition) is 4. The average molecular weight is 236 g/mol. The maximum atomic E-state index is 8.94. The van der Waals surface area contributed by atoms with E-state index >= 15 is 0 Å². The number of aliphatic hydroxyl groups excluding tert-OH is 1. The number of aromatic nitrogens is 1. The maximum absolute atomic E-state index is 8.94. The van der Waals surface area contributed by atoms with Gasteiger partial charge in [0.2, 0.25) is 5.88 Å². The second-order valence-electron chi connectivity index (χ2n) is 4.57. The number of hydrogen-bond donors (Lipinski definition) is 1. The van der Waals surface area contributed by atoms with E-state index in [1.807, 2.05) is 6.07 Å². The maximum Gasteiger partial charge on any atom is 0.217 e. The van der Waals surface area contributed by atoms with Crippen molar-refractivity contribution >= 4 is 0 Å². The molecule has 1 aromatic heterocycles. The van der Waals surface area contributed by atoms with E-state index in [9.17, 15) is 0 Å². The van der Waals surface area contributed by atoms with E-state index in [0.29, 0.717) is 12.5 Å². The molecule has 0 amide bonds. The van der Waals surface area contributed by atoms with E-state index in [1.165, 1.54) is 6.42 Å². The number of nitrogens with zero attached hydrogens (tertiary/aromatic N) is 2. The van der Waals surface area contributed by atoms with Crippen molar-refractivity contribution in [3.8, 4) is 5.88 Å². The van der Waals surface area contributed by atoms with Gasteiger partial charge in [0.05, 0.1) is 7.11 Å². The summed E-state index contributed by atoms with van der Waals surface area (Å²) in [6.07, 6.45) is 3.85. The molecule has 0 spiro atoms. The molecule has 2 rings (SSSR count). The molecule has 17 heavy (non-hydrogen) atoms. The molecular formula is C13H20N2O2. The Morgan fingerprint density at radius 2 is 2.47 bits per heavy atom. The smallest absolute Gasteiger partial charge is 0.217 e. The van der Waals surface area contributed by atoms with Gasteiger partial charge in [-0.1, -0.05) is 6.07 Å². The van der Waals surface area contributed by atoms with Crippen LogP contribution >= 0.6 is 0 Å². The molecule has 0 radical (unpaired) electrons. The lowest BCUT2D eigenvalue weighted by molar-refractivity contribution is 0.248. The molecule has 94 valence electrons. The van der Waals surface area contributed by atoms with E-state index < -0.39 is 0 Å². The van der Waals surface area contributed by atoms with Crippen LogP contribution in [-0.4, -0.2) is 41.8 Å². The van der Waals surface area contributed by atoms with E-state index in [4.69, 9.17) is 9.84 Å². The van der Waals surface area contributed by atoms with E-state index in [2.05, 4.69) is 16.0 Å². The first-order valence-corrected chi connectivity index (χ1v) is 6.14. The lowest BCUT2D eigenvalue weighted by atomic mass is 10.1. The van der Waals surface area contributed by atoms with Gasteiger partial charge in [0.1, 0.15) is 0 Å². The van der Waals surface area contributed by atoms with Gasteiger partial charge in [0.25, 0.3) is 0 Å². The summed E-state index contributed by atoms with van der Waals surface area (Å²) in [5.41, 5.74) is 1.14. The summed E-state index contributed by atoms with van der Waals surface area (Å²) in [5, 5.41) is 8.94. The second-order valence-corrected chi connectivity index (χ2v) is 4.57. The molecule has 1 fully saturated rings. The lowest BCUT2D eigenvalue weighted by Gasteiger charge is -2.17. The number of methoxy groups -OCH3 is 1. The van der Waals surface area contributed by atoms with Gasteiger partial charge in [-0.2, -0.15) is 0 Å². The van der Waals surface area contributed by atoms with E-state index in [0.717, 1.165) is 37.5 Å². The van der Waals surface area contributed by atoms with Crippen LogP contribution in [0.25, 0.3) is 0 Å². The van der Waals surface area contributed by atoms with Crippen molar-refractivity contribution in [2.75, 3.05) is 26.8 Å². The second kappa shape index (κ2) is 5.98. The van der Waals surface area contributed by atoms with E-state index in [1.54, 1.807) is 13.3 Å². The van der Waals surface area contributed by atoms with Crippen LogP contribution in [0.15, 0.2) is 18.3 Å². The summed E-state index contributed by atoms with van der Waals surface area (Å²) in [6, 6.07) is 4.00. The number of rotatable bonds is 5. The van der Waals surface area contributed by atoms with Crippen molar-refractivity contribution in [1.82, 2.24) is 9.88 Å². The fourth-order valence-corrected chi connectivity index (χ4v) is 2.44. The Balaban J connectivity index is 1.93. The highest BCUT2D eigenvalue weighted by Gasteiger charge is 2.22. The van der Waals surface area contributed by atoms with Crippen LogP contribution in [0.1, 0.15) is 18.4 Å². The summed E-state index contributed by atoms with van der Waals surface area (Å²) >= 11 is 0. The fourth-order valence-electron chi connectivity index (χ4n) is 2.44. The first-order chi connectivity index (χ1) is 8.33. The Morgan fingerprint density at radius 1 is 1.59 bits per heavy atom. The fraction of sp³-hybridized carbons (Fsp3) is 0.615. The quantitative estimate of drug-likeness (QED) is 0.837. The summed E-state index contributed by atoms with van der Waals surface area (Å²) in [4.78, 5) is 6.61. The molecule has 0 bridgehead atoms. The summed E-state index contributed by atoms with van der Waals surface area (Å²) in [5.74, 6) is 1.36. The minimum absolute atomic E-state index is 0.300. The zero-order chi connectivity index (χ0) is 12.1. The first-order valence-electron chi connectivity index (χ1n) is 6.14. The lowest BCUT2D eigenvalue weighted by Crippen LogP contribution is -2.20. The van der Waals surface area contributed by atoms with Crippen LogP contribution < -0.4 is 4.74 Å². The SMILES string of the molecule is COc1ncccc1CN1CCC(CCO)C1. The molecule has 1 aliphatic rings. The number of aliphatic hydroxyl groups is 1. The Hall–Kier alpha value is -1.13. The van der Waals surface area contributed by atoms with Crippen LogP contribution in [0.5, 0.6) is 5.88 Å². The average Bonchev–Trinajstić information content (AvgIpc) is 2.78. The Labute approximate surface area is 102 Å². The highest BCUT2D eigenvalue weighted by atomic mass is 16.5. The van der Waals surface area contributed by atoms with Crippen LogP contribution in [0.2, 0.25) is 0 Å². The number of likely N-dealkylation sites (tertiary alicyclic amines) is 1. The molecule has 1 N–H and O–H groups in total. The largest absolute Gasteiger partial charge is 0.481 e. The van der Waals surface area contributed by atoms with Crippen molar-refractivity contribution in [2.45, 2.75) is 19.4 Å². The van der Waals surface area contributed by atoms with Gasteiger partial charge < -0.3 is 9.84 Å². The molecule has 1 saturated heterocycles. The van der Waals surface area contributed by atoms with Crippen LogP contribution in [0.4, 0.5) is 0 Å². The predicted octanol–water partition coefficient (Wildman–Crippen LogP) is 1.29. The molecule has 0 saturated carbocycles. The Morgan fingerprint density at radius 3 is 3.24 bits per heavy atom. The molecule has 1 atom stereocenters. The van der Waals surface area contributed by atoms with Crippen molar-refractivity contribution in [2.24, 2.45) is 5.92 Å². The Kier molecular flexibility index (Phi) is 4.34. The van der Waals surface area contributed by atoms with Gasteiger partial charge >= 0.3 is 0 Å². The van der Waals surface area contributed by atoms with Crippen LogP contribution in [0, 0.1) is 5.92 Å². The van der Waals surface area contributed by atoms with E-state index in [-0.39, 0.29) is 0 Å². The monoisotopic (exact) mass is 236 g/mol. The summed E-state index contributed by atoms with van der Waals surface area (Å²) in [7, 11) is 1.66. The van der Waals surface area contributed by atoms with Gasteiger partial charge in [-0.05, 0) is 31.4 Å². The molecule has 4 nitrogen and oxygen atoms in total. The molecular weight excluding hydrogens is 216 g/mol. The minimum Gasteiger partial charge on any atom is -0.481 e. The third kappa shape index (κ3) is 3.17. The van der Waals surface area contributed by atoms with Crippen LogP contribution in [-0.2, 0) is 6.54 Å². The topological polar surface area (TPSA) is 45.6 Å². The van der Waals surface area contributed by atoms with Gasteiger partial charge in [0, 0.05) is 31.5 Å². The van der Waals surface area contributed by atoms with Crippen molar-refractivity contribution in [3.05, 3.63) is 23.9 Å². The number of pyridine rings is 1. The highest BCUT2D eigenvalue weighted by Crippen LogP contribution is 2.23. The van der Waals surface area contributed by atoms with Gasteiger partial charge in [-0.3, -0.25) is 4.90 Å². The molecule has 1 aliphatic heterocycles. The predicted molar refractivity (Wildman–Crippen MR) is 65.9 cm³/mol. The normalized spacial score (nSPS) is 20.7. The summed E-state index contributed by atoms with van der Waals surface area (Å²) < 4.78 is 5.25. The van der Waals surface area contributed by atoms with Crippen molar-refractivity contribution < 1.29 is 9.84 Å². The van der Waals surface area contributed by atoms with Gasteiger partial charge in [0.15, 0.2) is 0 Å². The van der Waals surface area contributed by atoms with Crippen LogP contribution in [0.3, 0.4) is 0 Å². The summed E-state index contributed by atoms with van der Waals surface area (Å²) in [6.45, 7) is 3.36. The van der Waals surface area contributed by atoms with Crippen molar-refractivity contribution in [3.63, 3.8) is 0 Å². The molecule has 0 aromatic carbocycles. The van der Waals surface area contributed by atoms with Gasteiger partial charge in [-0.25, -0.2) is 4.98 Å². The third-order valence-electron chi connectivity index (χ3n) is 3.34. The number of ether oxygens (including phenoxy) is 1. The molecule has 1 aromatic rings. The third-order valence-corrected chi connectivity index (χ3v) is 3.34. The molecule has 1 unspecified atom stereocenters. The van der Waals surface area contributed by atoms with Crippen molar-refractivity contribution in [1.29, 1.82) is 0 Å². The highest BCUT2D eigenvalue weighted by molar-refractivity contribution is 5.25. The zero-order valence-electron chi connectivity index (χ0n) is 10.3. The first kappa shape index (κ1) is 12.3. The molecule has 0 aliphatic carbocycles. The minimum atomic E-state index is 0.300. The van der Waals surface area contributed by atoms with Gasteiger partial charge in [-0.15, -0.1) is 0 Å². The Bertz CT molecular complexity index is 357. The molecule has 4 heteroatoms. The molecule has 2 heterocycles. The standard InChI is InChI=1S/C13H20N2O2/c1-17-13-12(3-2-6-14-13)10-15-7-4-11(9-15)5-8-16/h2-3,6,11,16H,4-5,7-10H2,1H3. The zero-order valence-corrected chi connectivity index (χ0v) is 10.3.